The van der Waals surface area contributed by atoms with Crippen molar-refractivity contribution >= 4 is 11.8 Å². The first-order valence-electron chi connectivity index (χ1n) is 7.55. The van der Waals surface area contributed by atoms with Crippen LogP contribution in [0.2, 0.25) is 0 Å². The molecule has 0 aromatic carbocycles. The zero-order valence-corrected chi connectivity index (χ0v) is 12.6. The Labute approximate surface area is 121 Å². The number of hydrogen-bond donors (Lipinski definition) is 4. The van der Waals surface area contributed by atoms with E-state index in [9.17, 15) is 9.59 Å². The fourth-order valence-corrected chi connectivity index (χ4v) is 2.61. The first kappa shape index (κ1) is 16.9. The van der Waals surface area contributed by atoms with E-state index in [1.165, 1.54) is 26.7 Å². The molecule has 0 aromatic rings. The predicted molar refractivity (Wildman–Crippen MR) is 79.4 cm³/mol. The maximum Gasteiger partial charge on any atom is 0.216 e. The summed E-state index contributed by atoms with van der Waals surface area (Å²) in [6.45, 7) is 6.01. The molecule has 0 aliphatic heterocycles. The molecule has 2 atom stereocenters. The van der Waals surface area contributed by atoms with Crippen LogP contribution < -0.4 is 21.3 Å². The van der Waals surface area contributed by atoms with Gasteiger partial charge in [-0.1, -0.05) is 12.8 Å². The van der Waals surface area contributed by atoms with Crippen molar-refractivity contribution in [3.8, 4) is 0 Å². The summed E-state index contributed by atoms with van der Waals surface area (Å²) < 4.78 is 0. The topological polar surface area (TPSA) is 82.3 Å². The van der Waals surface area contributed by atoms with E-state index in [-0.39, 0.29) is 11.8 Å². The molecule has 0 spiro atoms. The van der Waals surface area contributed by atoms with Crippen molar-refractivity contribution in [2.75, 3.05) is 26.2 Å². The summed E-state index contributed by atoms with van der Waals surface area (Å²) in [5, 5.41) is 12.6. The second-order valence-electron chi connectivity index (χ2n) is 5.37. The Hall–Kier alpha value is -1.14. The molecule has 2 amide bonds. The number of nitrogens with one attached hydrogen (secondary N) is 4. The molecule has 0 saturated heterocycles. The van der Waals surface area contributed by atoms with Crippen LogP contribution in [0.25, 0.3) is 0 Å². The number of rotatable bonds is 8. The maximum absolute atomic E-state index is 10.8. The first-order chi connectivity index (χ1) is 9.59. The zero-order valence-electron chi connectivity index (χ0n) is 12.6. The molecule has 20 heavy (non-hydrogen) atoms. The van der Waals surface area contributed by atoms with Crippen molar-refractivity contribution in [3.63, 3.8) is 0 Å². The van der Waals surface area contributed by atoms with Gasteiger partial charge in [-0.2, -0.15) is 0 Å². The molecule has 6 nitrogen and oxygen atoms in total. The van der Waals surface area contributed by atoms with Crippen molar-refractivity contribution in [3.05, 3.63) is 0 Å². The Balaban J connectivity index is 2.19. The Morgan fingerprint density at radius 3 is 1.55 bits per heavy atom. The van der Waals surface area contributed by atoms with Crippen molar-refractivity contribution in [1.82, 2.24) is 21.3 Å². The van der Waals surface area contributed by atoms with Crippen molar-refractivity contribution in [2.45, 2.75) is 51.6 Å². The lowest BCUT2D eigenvalue weighted by Gasteiger charge is -2.33. The third-order valence-corrected chi connectivity index (χ3v) is 3.58. The van der Waals surface area contributed by atoms with E-state index in [1.807, 2.05) is 0 Å². The van der Waals surface area contributed by atoms with Crippen molar-refractivity contribution in [2.24, 2.45) is 0 Å². The first-order valence-corrected chi connectivity index (χ1v) is 7.55. The van der Waals surface area contributed by atoms with Crippen LogP contribution >= 0.6 is 0 Å². The summed E-state index contributed by atoms with van der Waals surface area (Å²) in [5.41, 5.74) is 0. The van der Waals surface area contributed by atoms with Gasteiger partial charge >= 0.3 is 0 Å². The molecule has 116 valence electrons. The fraction of sp³-hybridized carbons (Fsp3) is 0.857. The van der Waals surface area contributed by atoms with Gasteiger partial charge in [0, 0.05) is 52.1 Å². The maximum atomic E-state index is 10.8. The number of carbonyl (C=O) groups excluding carboxylic acids is 2. The largest absolute Gasteiger partial charge is 0.355 e. The Morgan fingerprint density at radius 1 is 0.800 bits per heavy atom. The number of carbonyl (C=O) groups is 2. The van der Waals surface area contributed by atoms with Crippen molar-refractivity contribution in [1.29, 1.82) is 0 Å². The highest BCUT2D eigenvalue weighted by atomic mass is 16.2. The van der Waals surface area contributed by atoms with Crippen LogP contribution in [0.5, 0.6) is 0 Å². The summed E-state index contributed by atoms with van der Waals surface area (Å²) >= 11 is 0. The molecule has 1 fully saturated rings. The molecule has 6 heteroatoms. The standard InChI is InChI=1S/C14H28N4O2/c1-11(19)15-7-9-17-13-5-3-4-6-14(13)18-10-8-16-12(2)20/h13-14,17-18H,3-10H2,1-2H3,(H,15,19)(H,16,20)/t13-,14-/m1/s1. The van der Waals surface area contributed by atoms with Crippen LogP contribution in [0.15, 0.2) is 0 Å². The Kier molecular flexibility index (Phi) is 8.22. The van der Waals surface area contributed by atoms with Gasteiger partial charge in [-0.05, 0) is 12.8 Å². The molecule has 0 bridgehead atoms. The van der Waals surface area contributed by atoms with E-state index in [0.29, 0.717) is 25.2 Å². The van der Waals surface area contributed by atoms with Crippen LogP contribution in [-0.4, -0.2) is 50.1 Å². The lowest BCUT2D eigenvalue weighted by molar-refractivity contribution is -0.119. The molecule has 1 aliphatic carbocycles. The molecular formula is C14H28N4O2. The summed E-state index contributed by atoms with van der Waals surface area (Å²) in [5.74, 6) is 0.0286. The third kappa shape index (κ3) is 7.45. The lowest BCUT2D eigenvalue weighted by Crippen LogP contribution is -2.52. The van der Waals surface area contributed by atoms with Crippen LogP contribution in [0, 0.1) is 0 Å². The third-order valence-electron chi connectivity index (χ3n) is 3.58. The van der Waals surface area contributed by atoms with Gasteiger partial charge in [0.2, 0.25) is 11.8 Å². The highest BCUT2D eigenvalue weighted by Gasteiger charge is 2.23. The molecule has 4 N–H and O–H groups in total. The fourth-order valence-electron chi connectivity index (χ4n) is 2.61. The minimum absolute atomic E-state index is 0.0143. The van der Waals surface area contributed by atoms with Crippen LogP contribution in [0.4, 0.5) is 0 Å². The second kappa shape index (κ2) is 9.72. The molecule has 1 aliphatic rings. The Bertz CT molecular complexity index is 280. The van der Waals surface area contributed by atoms with Gasteiger partial charge in [0.25, 0.3) is 0 Å². The minimum Gasteiger partial charge on any atom is -0.355 e. The highest BCUT2D eigenvalue weighted by molar-refractivity contribution is 5.73. The molecule has 1 saturated carbocycles. The highest BCUT2D eigenvalue weighted by Crippen LogP contribution is 2.18. The molecule has 0 unspecified atom stereocenters. The molecule has 0 radical (unpaired) electrons. The van der Waals surface area contributed by atoms with E-state index >= 15 is 0 Å². The van der Waals surface area contributed by atoms with E-state index < -0.39 is 0 Å². The molecular weight excluding hydrogens is 256 g/mol. The van der Waals surface area contributed by atoms with E-state index in [1.54, 1.807) is 0 Å². The van der Waals surface area contributed by atoms with Gasteiger partial charge in [0.05, 0.1) is 0 Å². The normalized spacial score (nSPS) is 22.3. The van der Waals surface area contributed by atoms with E-state index in [2.05, 4.69) is 21.3 Å². The second-order valence-corrected chi connectivity index (χ2v) is 5.37. The van der Waals surface area contributed by atoms with Gasteiger partial charge in [-0.25, -0.2) is 0 Å². The minimum atomic E-state index is 0.0143. The summed E-state index contributed by atoms with van der Waals surface area (Å²) in [7, 11) is 0. The molecule has 1 rings (SSSR count). The Morgan fingerprint density at radius 2 is 1.20 bits per heavy atom. The van der Waals surface area contributed by atoms with Crippen LogP contribution in [-0.2, 0) is 9.59 Å². The van der Waals surface area contributed by atoms with Gasteiger partial charge in [0.15, 0.2) is 0 Å². The van der Waals surface area contributed by atoms with Gasteiger partial charge < -0.3 is 21.3 Å². The lowest BCUT2D eigenvalue weighted by atomic mass is 9.90. The average Bonchev–Trinajstić information content (AvgIpc) is 2.40. The van der Waals surface area contributed by atoms with Gasteiger partial charge in [-0.3, -0.25) is 9.59 Å². The average molecular weight is 284 g/mol. The predicted octanol–water partition coefficient (Wildman–Crippen LogP) is -0.251. The zero-order chi connectivity index (χ0) is 14.8. The van der Waals surface area contributed by atoms with Gasteiger partial charge in [0.1, 0.15) is 0 Å². The summed E-state index contributed by atoms with van der Waals surface area (Å²) in [4.78, 5) is 21.6. The number of amides is 2. The molecule has 0 aromatic heterocycles. The number of hydrogen-bond acceptors (Lipinski definition) is 4. The van der Waals surface area contributed by atoms with Crippen molar-refractivity contribution < 1.29 is 9.59 Å². The van der Waals surface area contributed by atoms with Gasteiger partial charge in [-0.15, -0.1) is 0 Å². The van der Waals surface area contributed by atoms with E-state index in [0.717, 1.165) is 25.9 Å². The monoisotopic (exact) mass is 284 g/mol. The smallest absolute Gasteiger partial charge is 0.216 e. The summed E-state index contributed by atoms with van der Waals surface area (Å²) in [6, 6.07) is 0.907. The molecule has 0 heterocycles. The quantitative estimate of drug-likeness (QED) is 0.463. The van der Waals surface area contributed by atoms with E-state index in [4.69, 9.17) is 0 Å². The van der Waals surface area contributed by atoms with Crippen LogP contribution in [0.1, 0.15) is 39.5 Å². The SMILES string of the molecule is CC(=O)NCCN[C@@H]1CCCC[C@H]1NCCNC(C)=O. The summed E-state index contributed by atoms with van der Waals surface area (Å²) in [6.07, 6.45) is 4.83. The van der Waals surface area contributed by atoms with Crippen LogP contribution in [0.3, 0.4) is 0 Å².